The zero-order valence-electron chi connectivity index (χ0n) is 30.1. The van der Waals surface area contributed by atoms with Crippen molar-refractivity contribution in [1.82, 2.24) is 0 Å². The summed E-state index contributed by atoms with van der Waals surface area (Å²) in [5.41, 5.74) is 19.7. The van der Waals surface area contributed by atoms with Gasteiger partial charge in [0.1, 0.15) is 0 Å². The van der Waals surface area contributed by atoms with Gasteiger partial charge in [-0.05, 0) is 75.0 Å². The van der Waals surface area contributed by atoms with Crippen LogP contribution in [0.3, 0.4) is 0 Å². The fraction of sp³-hybridized carbons (Fsp3) is 0.487. The van der Waals surface area contributed by atoms with E-state index in [-0.39, 0.29) is 41.1 Å². The summed E-state index contributed by atoms with van der Waals surface area (Å²) in [7, 11) is 12.3. The van der Waals surface area contributed by atoms with Gasteiger partial charge in [0, 0.05) is 10.8 Å². The Bertz CT molecular complexity index is 1500. The van der Waals surface area contributed by atoms with E-state index in [9.17, 15) is 0 Å². The van der Waals surface area contributed by atoms with Crippen molar-refractivity contribution in [3.05, 3.63) is 106 Å². The van der Waals surface area contributed by atoms with E-state index in [0.29, 0.717) is 3.63 Å². The molecule has 0 heterocycles. The third-order valence-electron chi connectivity index (χ3n) is 11.4. The Morgan fingerprint density at radius 2 is 0.956 bits per heavy atom. The van der Waals surface area contributed by atoms with Crippen LogP contribution in [0.2, 0.25) is 0 Å². The molecule has 0 saturated heterocycles. The van der Waals surface area contributed by atoms with Crippen LogP contribution in [-0.2, 0) is 44.1 Å². The van der Waals surface area contributed by atoms with Crippen LogP contribution in [0.5, 0.6) is 0 Å². The standard InChI is InChI=1S/C20H30.C10H15.C9H7.4ClH.2Zr/c1-11-13(3)17(19(7,8)15(11)5)18-14(4)12(2)16(6)20(18,9)10;1-7-6-10(4,5)9(3)8(7)2;1-2-5-9-7-3-6-8(9)4-1;;;;;;/h1-10H3;1-5H3;1-7H;4*1H;;/q;;;;;;;2*+2/p-4. The van der Waals surface area contributed by atoms with Gasteiger partial charge in [0.2, 0.25) is 0 Å². The van der Waals surface area contributed by atoms with E-state index in [4.69, 9.17) is 17.0 Å². The van der Waals surface area contributed by atoms with Gasteiger partial charge in [-0.3, -0.25) is 0 Å². The van der Waals surface area contributed by atoms with Gasteiger partial charge in [-0.2, -0.15) is 0 Å². The van der Waals surface area contributed by atoms with Gasteiger partial charge >= 0.3 is 172 Å². The molecule has 0 spiro atoms. The van der Waals surface area contributed by atoms with Crippen molar-refractivity contribution in [2.75, 3.05) is 0 Å². The van der Waals surface area contributed by atoms with E-state index in [1.54, 1.807) is 35.9 Å². The van der Waals surface area contributed by atoms with Crippen LogP contribution in [0, 0.1) is 16.2 Å². The fourth-order valence-electron chi connectivity index (χ4n) is 7.41. The van der Waals surface area contributed by atoms with Crippen LogP contribution in [-0.4, -0.2) is 0 Å². The summed E-state index contributed by atoms with van der Waals surface area (Å²) < 4.78 is 2.07. The molecule has 4 aliphatic carbocycles. The van der Waals surface area contributed by atoms with Crippen molar-refractivity contribution in [2.24, 2.45) is 16.2 Å². The molecule has 0 amide bonds. The Hall–Kier alpha value is 0.326. The van der Waals surface area contributed by atoms with Crippen LogP contribution in [0.1, 0.15) is 119 Å². The molecule has 0 nitrogen and oxygen atoms in total. The second kappa shape index (κ2) is 15.9. The van der Waals surface area contributed by atoms with Crippen molar-refractivity contribution in [3.8, 4) is 0 Å². The number of hydrogen-bond donors (Lipinski definition) is 0. The molecule has 5 rings (SSSR count). The van der Waals surface area contributed by atoms with Crippen LogP contribution < -0.4 is 24.8 Å². The molecule has 1 aromatic carbocycles. The quantitative estimate of drug-likeness (QED) is 0.295. The van der Waals surface area contributed by atoms with Crippen molar-refractivity contribution in [2.45, 2.75) is 107 Å². The molecule has 0 fully saturated rings. The van der Waals surface area contributed by atoms with Gasteiger partial charge in [0.05, 0.1) is 0 Å². The second-order valence-electron chi connectivity index (χ2n) is 14.4. The monoisotopic (exact) mass is 840 g/mol. The van der Waals surface area contributed by atoms with E-state index >= 15 is 0 Å². The van der Waals surface area contributed by atoms with E-state index < -0.39 is 19.4 Å². The summed E-state index contributed by atoms with van der Waals surface area (Å²) in [6, 6.07) is 8.60. The zero-order valence-corrected chi connectivity index (χ0v) is 38.0. The van der Waals surface area contributed by atoms with E-state index in [2.05, 4.69) is 140 Å². The average Bonchev–Trinajstić information content (AvgIpc) is 3.48. The predicted octanol–water partition coefficient (Wildman–Crippen LogP) is 7.24. The van der Waals surface area contributed by atoms with Crippen LogP contribution in [0.15, 0.2) is 94.9 Å². The van der Waals surface area contributed by atoms with Gasteiger partial charge in [-0.1, -0.05) is 38.8 Å². The maximum absolute atomic E-state index is 6.17. The van der Waals surface area contributed by atoms with Crippen LogP contribution in [0.4, 0.5) is 0 Å². The number of rotatable bonds is 2. The first-order valence-electron chi connectivity index (χ1n) is 15.5. The predicted molar refractivity (Wildman–Crippen MR) is 184 cm³/mol. The number of benzene rings is 1. The number of fused-ring (bicyclic) bond motifs is 1. The van der Waals surface area contributed by atoms with Crippen molar-refractivity contribution in [3.63, 3.8) is 0 Å². The Morgan fingerprint density at radius 1 is 0.578 bits per heavy atom. The van der Waals surface area contributed by atoms with Gasteiger partial charge < -0.3 is 24.8 Å². The second-order valence-corrected chi connectivity index (χ2v) is 24.0. The molecule has 0 aromatic heterocycles. The summed E-state index contributed by atoms with van der Waals surface area (Å²) in [4.78, 5) is 0. The van der Waals surface area contributed by atoms with Gasteiger partial charge in [0.25, 0.3) is 0 Å². The van der Waals surface area contributed by atoms with Crippen molar-refractivity contribution in [1.29, 1.82) is 0 Å². The normalized spacial score (nSPS) is 22.2. The topological polar surface area (TPSA) is 0 Å². The summed E-state index contributed by atoms with van der Waals surface area (Å²) >= 11 is -0.659. The molecule has 0 N–H and O–H groups in total. The van der Waals surface area contributed by atoms with E-state index in [0.717, 1.165) is 0 Å². The molecule has 1 unspecified atom stereocenters. The molecular weight excluding hydrogens is 793 g/mol. The fourth-order valence-corrected chi connectivity index (χ4v) is 15.5. The first kappa shape index (κ1) is 43.3. The van der Waals surface area contributed by atoms with Crippen LogP contribution in [0.25, 0.3) is 6.08 Å². The molecule has 0 aliphatic heterocycles. The first-order chi connectivity index (χ1) is 19.6. The molecular formula is C39H52Cl4Zr2. The minimum atomic E-state index is -2.25. The van der Waals surface area contributed by atoms with E-state index in [1.807, 2.05) is 0 Å². The van der Waals surface area contributed by atoms with Crippen LogP contribution >= 0.6 is 17.0 Å². The summed E-state index contributed by atoms with van der Waals surface area (Å²) in [6.07, 6.45) is 4.50. The Morgan fingerprint density at radius 3 is 1.24 bits per heavy atom. The zero-order chi connectivity index (χ0) is 33.0. The Kier molecular flexibility index (Phi) is 15.3. The van der Waals surface area contributed by atoms with Crippen molar-refractivity contribution < 1.29 is 68.9 Å². The summed E-state index contributed by atoms with van der Waals surface area (Å²) in [5.74, 6) is 0. The summed E-state index contributed by atoms with van der Waals surface area (Å²) in [6.45, 7) is 34.3. The minimum absolute atomic E-state index is 0. The third kappa shape index (κ3) is 7.89. The van der Waals surface area contributed by atoms with Gasteiger partial charge in [-0.25, -0.2) is 0 Å². The van der Waals surface area contributed by atoms with Gasteiger partial charge in [0.15, 0.2) is 0 Å². The van der Waals surface area contributed by atoms with E-state index in [1.165, 1.54) is 64.6 Å². The van der Waals surface area contributed by atoms with Crippen molar-refractivity contribution >= 4 is 23.1 Å². The number of hydrogen-bond acceptors (Lipinski definition) is 0. The molecule has 0 radical (unpaired) electrons. The summed E-state index contributed by atoms with van der Waals surface area (Å²) in [5, 5.41) is 0. The maximum atomic E-state index is 6.17. The molecule has 45 heavy (non-hydrogen) atoms. The molecule has 1 aromatic rings. The number of allylic oxidation sites excluding steroid dienone is 13. The average molecular weight is 845 g/mol. The Balaban J connectivity index is 0.000000351. The number of halogens is 4. The molecule has 1 atom stereocenters. The first-order valence-corrected chi connectivity index (χ1v) is 24.5. The molecule has 6 heteroatoms. The Labute approximate surface area is 318 Å². The van der Waals surface area contributed by atoms with Gasteiger partial charge in [-0.15, -0.1) is 0 Å². The molecule has 0 saturated carbocycles. The molecule has 244 valence electrons. The SMILES string of the molecule is CC1=C(C)C(C)(C)C(C2=C(C)C(C)=C(C)C2(C)C)=C1C.CC1=C(C)C(C)(C)[C]([Zr]([Cl])[Cl])=C1C.[Cl-].[Cl-].[Zr+2][CH]1C=Cc2ccccc21. The third-order valence-corrected chi connectivity index (χ3v) is 18.3. The molecule has 4 aliphatic rings. The molecule has 0 bridgehead atoms.